The molecule has 2 N–H and O–H groups in total. The highest BCUT2D eigenvalue weighted by Gasteiger charge is 2.21. The molecule has 0 spiro atoms. The van der Waals surface area contributed by atoms with Crippen LogP contribution in [0.5, 0.6) is 0 Å². The van der Waals surface area contributed by atoms with Gasteiger partial charge in [-0.25, -0.2) is 4.98 Å². The topological polar surface area (TPSA) is 42.2 Å². The second-order valence-corrected chi connectivity index (χ2v) is 5.52. The lowest BCUT2D eigenvalue weighted by atomic mass is 9.85. The van der Waals surface area contributed by atoms with Crippen LogP contribution in [-0.2, 0) is 0 Å². The van der Waals surface area contributed by atoms with Crippen molar-refractivity contribution < 1.29 is 0 Å². The zero-order valence-electron chi connectivity index (χ0n) is 10.1. The quantitative estimate of drug-likeness (QED) is 0.859. The third-order valence-corrected chi connectivity index (χ3v) is 4.25. The average molecular weight is 239 g/mol. The first-order chi connectivity index (χ1) is 7.70. The van der Waals surface area contributed by atoms with Crippen LogP contribution in [-0.4, -0.2) is 18.1 Å². The third-order valence-electron chi connectivity index (χ3n) is 3.33. The van der Waals surface area contributed by atoms with E-state index in [-0.39, 0.29) is 6.04 Å². The maximum absolute atomic E-state index is 5.83. The standard InChI is InChI=1S/C12H21N3S/c1-3-15(7-10-5-4-6-10)12-14-11(8-16-12)9(2)13/h8-10H,3-7,13H2,1-2H3. The number of anilines is 1. The van der Waals surface area contributed by atoms with Crippen LogP contribution in [0.1, 0.15) is 44.8 Å². The van der Waals surface area contributed by atoms with Gasteiger partial charge < -0.3 is 10.6 Å². The van der Waals surface area contributed by atoms with Crippen LogP contribution in [0.3, 0.4) is 0 Å². The minimum absolute atomic E-state index is 0.0485. The second-order valence-electron chi connectivity index (χ2n) is 4.68. The Balaban J connectivity index is 2.00. The van der Waals surface area contributed by atoms with Crippen LogP contribution < -0.4 is 10.6 Å². The smallest absolute Gasteiger partial charge is 0.185 e. The fraction of sp³-hybridized carbons (Fsp3) is 0.750. The van der Waals surface area contributed by atoms with E-state index in [1.807, 2.05) is 6.92 Å². The summed E-state index contributed by atoms with van der Waals surface area (Å²) >= 11 is 1.72. The Bertz CT molecular complexity index is 331. The summed E-state index contributed by atoms with van der Waals surface area (Å²) in [4.78, 5) is 7.00. The van der Waals surface area contributed by atoms with E-state index in [0.29, 0.717) is 0 Å². The summed E-state index contributed by atoms with van der Waals surface area (Å²) in [5.74, 6) is 0.891. The summed E-state index contributed by atoms with van der Waals surface area (Å²) in [5, 5.41) is 3.23. The van der Waals surface area contributed by atoms with Gasteiger partial charge in [0.05, 0.1) is 5.69 Å². The molecule has 90 valence electrons. The van der Waals surface area contributed by atoms with Gasteiger partial charge in [-0.05, 0) is 32.6 Å². The van der Waals surface area contributed by atoms with Gasteiger partial charge in [0.1, 0.15) is 0 Å². The molecule has 1 heterocycles. The Labute approximate surface area is 102 Å². The van der Waals surface area contributed by atoms with Gasteiger partial charge in [-0.2, -0.15) is 0 Å². The molecule has 3 nitrogen and oxygen atoms in total. The Morgan fingerprint density at radius 1 is 1.62 bits per heavy atom. The number of aromatic nitrogens is 1. The summed E-state index contributed by atoms with van der Waals surface area (Å²) in [6, 6.07) is 0.0485. The predicted molar refractivity (Wildman–Crippen MR) is 69.9 cm³/mol. The van der Waals surface area contributed by atoms with Crippen molar-refractivity contribution in [2.45, 2.75) is 39.2 Å². The zero-order valence-corrected chi connectivity index (χ0v) is 11.0. The molecular weight excluding hydrogens is 218 g/mol. The van der Waals surface area contributed by atoms with Crippen LogP contribution in [0.25, 0.3) is 0 Å². The first-order valence-corrected chi connectivity index (χ1v) is 7.04. The molecule has 1 saturated carbocycles. The molecule has 0 aromatic carbocycles. The second kappa shape index (κ2) is 5.15. The fourth-order valence-corrected chi connectivity index (χ4v) is 2.96. The van der Waals surface area contributed by atoms with Crippen molar-refractivity contribution in [3.05, 3.63) is 11.1 Å². The van der Waals surface area contributed by atoms with Crippen LogP contribution in [0.15, 0.2) is 5.38 Å². The van der Waals surface area contributed by atoms with Gasteiger partial charge in [-0.15, -0.1) is 11.3 Å². The Morgan fingerprint density at radius 2 is 2.38 bits per heavy atom. The molecule has 0 amide bonds. The fourth-order valence-electron chi connectivity index (χ4n) is 1.96. The van der Waals surface area contributed by atoms with Crippen molar-refractivity contribution >= 4 is 16.5 Å². The summed E-state index contributed by atoms with van der Waals surface area (Å²) in [5.41, 5.74) is 6.85. The molecule has 0 bridgehead atoms. The summed E-state index contributed by atoms with van der Waals surface area (Å²) in [7, 11) is 0. The summed E-state index contributed by atoms with van der Waals surface area (Å²) < 4.78 is 0. The predicted octanol–water partition coefficient (Wildman–Crippen LogP) is 2.79. The Hall–Kier alpha value is -0.610. The van der Waals surface area contributed by atoms with Crippen molar-refractivity contribution in [2.24, 2.45) is 11.7 Å². The highest BCUT2D eigenvalue weighted by atomic mass is 32.1. The van der Waals surface area contributed by atoms with E-state index in [4.69, 9.17) is 5.73 Å². The molecule has 1 aromatic heterocycles. The largest absolute Gasteiger partial charge is 0.348 e. The highest BCUT2D eigenvalue weighted by Crippen LogP contribution is 2.30. The molecular formula is C12H21N3S. The maximum Gasteiger partial charge on any atom is 0.185 e. The van der Waals surface area contributed by atoms with Gasteiger partial charge in [0, 0.05) is 24.5 Å². The van der Waals surface area contributed by atoms with Gasteiger partial charge in [-0.3, -0.25) is 0 Å². The SMILES string of the molecule is CCN(CC1CCC1)c1nc(C(C)N)cs1. The van der Waals surface area contributed by atoms with Crippen LogP contribution in [0, 0.1) is 5.92 Å². The summed E-state index contributed by atoms with van der Waals surface area (Å²) in [6.45, 7) is 6.40. The van der Waals surface area contributed by atoms with Gasteiger partial charge in [-0.1, -0.05) is 6.42 Å². The lowest BCUT2D eigenvalue weighted by molar-refractivity contribution is 0.318. The number of nitrogens with two attached hydrogens (primary N) is 1. The normalized spacial score (nSPS) is 18.2. The van der Waals surface area contributed by atoms with Crippen molar-refractivity contribution in [1.82, 2.24) is 4.98 Å². The molecule has 0 aliphatic heterocycles. The molecule has 1 fully saturated rings. The molecule has 0 radical (unpaired) electrons. The van der Waals surface area contributed by atoms with Gasteiger partial charge >= 0.3 is 0 Å². The number of hydrogen-bond acceptors (Lipinski definition) is 4. The van der Waals surface area contributed by atoms with E-state index in [1.54, 1.807) is 11.3 Å². The van der Waals surface area contributed by atoms with Gasteiger partial charge in [0.15, 0.2) is 5.13 Å². The lowest BCUT2D eigenvalue weighted by Crippen LogP contribution is -2.32. The summed E-state index contributed by atoms with van der Waals surface area (Å²) in [6.07, 6.45) is 4.19. The minimum atomic E-state index is 0.0485. The first kappa shape index (κ1) is 11.9. The van der Waals surface area contributed by atoms with E-state index in [9.17, 15) is 0 Å². The van der Waals surface area contributed by atoms with Crippen molar-refractivity contribution in [3.63, 3.8) is 0 Å². The molecule has 2 rings (SSSR count). The Morgan fingerprint density at radius 3 is 2.81 bits per heavy atom. The van der Waals surface area contributed by atoms with Crippen molar-refractivity contribution in [2.75, 3.05) is 18.0 Å². The molecule has 0 saturated heterocycles. The van der Waals surface area contributed by atoms with Crippen molar-refractivity contribution in [3.8, 4) is 0 Å². The zero-order chi connectivity index (χ0) is 11.5. The Kier molecular flexibility index (Phi) is 3.82. The third kappa shape index (κ3) is 2.55. The number of hydrogen-bond donors (Lipinski definition) is 1. The molecule has 1 aromatic rings. The first-order valence-electron chi connectivity index (χ1n) is 6.16. The minimum Gasteiger partial charge on any atom is -0.348 e. The number of rotatable bonds is 5. The lowest BCUT2D eigenvalue weighted by Gasteiger charge is -2.31. The molecule has 1 unspecified atom stereocenters. The molecule has 1 aliphatic rings. The highest BCUT2D eigenvalue weighted by molar-refractivity contribution is 7.13. The maximum atomic E-state index is 5.83. The van der Waals surface area contributed by atoms with Crippen LogP contribution in [0.2, 0.25) is 0 Å². The van der Waals surface area contributed by atoms with E-state index in [0.717, 1.165) is 23.3 Å². The van der Waals surface area contributed by atoms with E-state index in [2.05, 4.69) is 22.2 Å². The van der Waals surface area contributed by atoms with Gasteiger partial charge in [0.2, 0.25) is 0 Å². The van der Waals surface area contributed by atoms with Crippen LogP contribution >= 0.6 is 11.3 Å². The number of nitrogens with zero attached hydrogens (tertiary/aromatic N) is 2. The molecule has 1 aliphatic carbocycles. The van der Waals surface area contributed by atoms with Crippen LogP contribution in [0.4, 0.5) is 5.13 Å². The molecule has 16 heavy (non-hydrogen) atoms. The van der Waals surface area contributed by atoms with E-state index >= 15 is 0 Å². The molecule has 1 atom stereocenters. The van der Waals surface area contributed by atoms with E-state index < -0.39 is 0 Å². The average Bonchev–Trinajstić information content (AvgIpc) is 2.65. The molecule has 4 heteroatoms. The van der Waals surface area contributed by atoms with Gasteiger partial charge in [0.25, 0.3) is 0 Å². The number of thiazole rings is 1. The van der Waals surface area contributed by atoms with E-state index in [1.165, 1.54) is 25.8 Å². The monoisotopic (exact) mass is 239 g/mol. The van der Waals surface area contributed by atoms with Crippen molar-refractivity contribution in [1.29, 1.82) is 0 Å².